The van der Waals surface area contributed by atoms with Gasteiger partial charge in [-0.15, -0.1) is 11.8 Å². The third-order valence-electron chi connectivity index (χ3n) is 1.85. The number of imide groups is 1. The molecule has 2 bridgehead atoms. The van der Waals surface area contributed by atoms with Gasteiger partial charge in [0.2, 0.25) is 11.8 Å². The van der Waals surface area contributed by atoms with Crippen LogP contribution in [0.25, 0.3) is 0 Å². The summed E-state index contributed by atoms with van der Waals surface area (Å²) in [5, 5.41) is 2.46. The number of carbonyl (C=O) groups excluding carboxylic acids is 2. The Morgan fingerprint density at radius 1 is 1.20 bits per heavy atom. The van der Waals surface area contributed by atoms with Crippen molar-refractivity contribution in [3.8, 4) is 0 Å². The number of hydrogen-bond donors (Lipinski definition) is 1. The second-order valence-corrected chi connectivity index (χ2v) is 3.95. The Bertz CT molecular complexity index is 184. The van der Waals surface area contributed by atoms with E-state index >= 15 is 0 Å². The maximum Gasteiger partial charge on any atom is 0.239 e. The summed E-state index contributed by atoms with van der Waals surface area (Å²) in [4.78, 5) is 21.8. The number of amides is 2. The molecule has 54 valence electrons. The van der Waals surface area contributed by atoms with Crippen LogP contribution in [0.15, 0.2) is 0 Å². The number of thioether (sulfide) groups is 1. The smallest absolute Gasteiger partial charge is 0.239 e. The highest BCUT2D eigenvalue weighted by atomic mass is 32.2. The summed E-state index contributed by atoms with van der Waals surface area (Å²) < 4.78 is 0. The van der Waals surface area contributed by atoms with Gasteiger partial charge in [0, 0.05) is 0 Å². The summed E-state index contributed by atoms with van der Waals surface area (Å²) in [6.45, 7) is 0. The van der Waals surface area contributed by atoms with Gasteiger partial charge >= 0.3 is 0 Å². The number of fused-ring (bicyclic) bond motifs is 2. The fraction of sp³-hybridized carbons (Fsp3) is 0.667. The number of hydrogen-bond acceptors (Lipinski definition) is 3. The van der Waals surface area contributed by atoms with Gasteiger partial charge in [0.1, 0.15) is 0 Å². The summed E-state index contributed by atoms with van der Waals surface area (Å²) in [5.74, 6) is -0.187. The molecule has 2 aliphatic heterocycles. The predicted molar refractivity (Wildman–Crippen MR) is 37.6 cm³/mol. The van der Waals surface area contributed by atoms with Crippen molar-refractivity contribution in [2.24, 2.45) is 0 Å². The maximum absolute atomic E-state index is 10.9. The fourth-order valence-corrected chi connectivity index (χ4v) is 2.61. The number of nitrogens with one attached hydrogen (secondary N) is 1. The molecule has 2 saturated heterocycles. The minimum atomic E-state index is -0.0937. The Balaban J connectivity index is 2.24. The first-order valence-electron chi connectivity index (χ1n) is 3.27. The molecule has 0 saturated carbocycles. The highest BCUT2D eigenvalue weighted by Crippen LogP contribution is 2.36. The van der Waals surface area contributed by atoms with E-state index in [2.05, 4.69) is 5.32 Å². The first kappa shape index (κ1) is 6.22. The molecule has 2 heterocycles. The van der Waals surface area contributed by atoms with Gasteiger partial charge in [-0.25, -0.2) is 0 Å². The molecule has 0 radical (unpaired) electrons. The van der Waals surface area contributed by atoms with Gasteiger partial charge < -0.3 is 0 Å². The molecule has 1 N–H and O–H groups in total. The van der Waals surface area contributed by atoms with Crippen molar-refractivity contribution >= 4 is 23.6 Å². The molecule has 2 rings (SSSR count). The van der Waals surface area contributed by atoms with Crippen LogP contribution in [-0.2, 0) is 9.59 Å². The molecule has 2 aliphatic rings. The van der Waals surface area contributed by atoms with E-state index in [1.165, 1.54) is 11.8 Å². The van der Waals surface area contributed by atoms with E-state index in [9.17, 15) is 9.59 Å². The van der Waals surface area contributed by atoms with Crippen LogP contribution < -0.4 is 5.32 Å². The molecule has 2 atom stereocenters. The first-order valence-corrected chi connectivity index (χ1v) is 4.22. The van der Waals surface area contributed by atoms with Gasteiger partial charge in [-0.05, 0) is 12.8 Å². The Labute approximate surface area is 62.5 Å². The molecule has 0 aromatic heterocycles. The second-order valence-electron chi connectivity index (χ2n) is 2.54. The second kappa shape index (κ2) is 1.99. The third kappa shape index (κ3) is 0.751. The van der Waals surface area contributed by atoms with Gasteiger partial charge in [0.05, 0.1) is 10.5 Å². The summed E-state index contributed by atoms with van der Waals surface area (Å²) in [6, 6.07) is 0. The van der Waals surface area contributed by atoms with E-state index in [1.807, 2.05) is 0 Å². The SMILES string of the molecule is O=C1NC(=O)[C@H]2CC[C@H]1S2. The van der Waals surface area contributed by atoms with Crippen LogP contribution in [0.4, 0.5) is 0 Å². The molecule has 0 aromatic rings. The van der Waals surface area contributed by atoms with Gasteiger partial charge in [-0.1, -0.05) is 0 Å². The molecule has 2 amide bonds. The average Bonchev–Trinajstić information content (AvgIpc) is 2.28. The van der Waals surface area contributed by atoms with Crippen LogP contribution >= 0.6 is 11.8 Å². The summed E-state index contributed by atoms with van der Waals surface area (Å²) in [5.41, 5.74) is 0. The standard InChI is InChI=1S/C6H7NO2S/c8-5-3-1-2-4(10-3)6(9)7-5/h3-4H,1-2H2,(H,7,8,9)/t3-,4-/m1/s1. The zero-order valence-corrected chi connectivity index (χ0v) is 6.11. The maximum atomic E-state index is 10.9. The van der Waals surface area contributed by atoms with Crippen molar-refractivity contribution < 1.29 is 9.59 Å². The van der Waals surface area contributed by atoms with Crippen LogP contribution in [0.3, 0.4) is 0 Å². The molecular formula is C6H7NO2S. The minimum absolute atomic E-state index is 0.0581. The molecule has 0 spiro atoms. The lowest BCUT2D eigenvalue weighted by molar-refractivity contribution is -0.129. The fourth-order valence-electron chi connectivity index (χ4n) is 1.31. The van der Waals surface area contributed by atoms with E-state index in [1.54, 1.807) is 0 Å². The average molecular weight is 157 g/mol. The van der Waals surface area contributed by atoms with Crippen LogP contribution in [0.5, 0.6) is 0 Å². The van der Waals surface area contributed by atoms with Gasteiger partial charge in [-0.3, -0.25) is 14.9 Å². The lowest BCUT2D eigenvalue weighted by Gasteiger charge is -2.16. The van der Waals surface area contributed by atoms with Crippen molar-refractivity contribution in [1.82, 2.24) is 5.32 Å². The van der Waals surface area contributed by atoms with Crippen molar-refractivity contribution in [3.63, 3.8) is 0 Å². The third-order valence-corrected chi connectivity index (χ3v) is 3.41. The van der Waals surface area contributed by atoms with E-state index < -0.39 is 0 Å². The highest BCUT2D eigenvalue weighted by Gasteiger charge is 2.40. The lowest BCUT2D eigenvalue weighted by atomic mass is 10.2. The van der Waals surface area contributed by atoms with Crippen LogP contribution in [-0.4, -0.2) is 22.3 Å². The first-order chi connectivity index (χ1) is 4.77. The molecule has 4 heteroatoms. The normalized spacial score (nSPS) is 38.0. The lowest BCUT2D eigenvalue weighted by Crippen LogP contribution is -2.43. The molecule has 3 nitrogen and oxygen atoms in total. The molecule has 0 unspecified atom stereocenters. The summed E-state index contributed by atoms with van der Waals surface area (Å²) >= 11 is 1.51. The predicted octanol–water partition coefficient (Wildman–Crippen LogP) is -0.0930. The Kier molecular flexibility index (Phi) is 1.23. The zero-order chi connectivity index (χ0) is 7.14. The van der Waals surface area contributed by atoms with Gasteiger partial charge in [0.15, 0.2) is 0 Å². The topological polar surface area (TPSA) is 46.2 Å². The highest BCUT2D eigenvalue weighted by molar-refractivity contribution is 8.02. The van der Waals surface area contributed by atoms with E-state index in [0.717, 1.165) is 12.8 Å². The van der Waals surface area contributed by atoms with Crippen LogP contribution in [0.1, 0.15) is 12.8 Å². The van der Waals surface area contributed by atoms with Gasteiger partial charge in [0.25, 0.3) is 0 Å². The molecule has 10 heavy (non-hydrogen) atoms. The molecule has 0 aliphatic carbocycles. The summed E-state index contributed by atoms with van der Waals surface area (Å²) in [7, 11) is 0. The van der Waals surface area contributed by atoms with Gasteiger partial charge in [-0.2, -0.15) is 0 Å². The van der Waals surface area contributed by atoms with Crippen molar-refractivity contribution in [1.29, 1.82) is 0 Å². The largest absolute Gasteiger partial charge is 0.295 e. The Hall–Kier alpha value is -0.510. The quantitative estimate of drug-likeness (QED) is 0.500. The van der Waals surface area contributed by atoms with Crippen LogP contribution in [0, 0.1) is 0 Å². The molecule has 0 aromatic carbocycles. The van der Waals surface area contributed by atoms with E-state index in [-0.39, 0.29) is 22.3 Å². The van der Waals surface area contributed by atoms with Crippen molar-refractivity contribution in [2.45, 2.75) is 23.3 Å². The zero-order valence-electron chi connectivity index (χ0n) is 5.29. The minimum Gasteiger partial charge on any atom is -0.295 e. The monoisotopic (exact) mass is 157 g/mol. The Morgan fingerprint density at radius 2 is 1.70 bits per heavy atom. The van der Waals surface area contributed by atoms with Crippen LogP contribution in [0.2, 0.25) is 0 Å². The number of carbonyl (C=O) groups is 2. The Morgan fingerprint density at radius 3 is 2.20 bits per heavy atom. The van der Waals surface area contributed by atoms with E-state index in [0.29, 0.717) is 0 Å². The molecule has 2 fully saturated rings. The van der Waals surface area contributed by atoms with E-state index in [4.69, 9.17) is 0 Å². The van der Waals surface area contributed by atoms with Crippen molar-refractivity contribution in [2.75, 3.05) is 0 Å². The number of rotatable bonds is 0. The summed E-state index contributed by atoms with van der Waals surface area (Å²) in [6.07, 6.45) is 1.74. The van der Waals surface area contributed by atoms with Crippen molar-refractivity contribution in [3.05, 3.63) is 0 Å². The molecular weight excluding hydrogens is 150 g/mol.